The van der Waals surface area contributed by atoms with Crippen LogP contribution >= 0.6 is 0 Å². The summed E-state index contributed by atoms with van der Waals surface area (Å²) in [6, 6.07) is 0.199. The van der Waals surface area contributed by atoms with E-state index in [-0.39, 0.29) is 12.7 Å². The molecule has 0 spiro atoms. The molecule has 0 fully saturated rings. The smallest absolute Gasteiger partial charge is 0.462 e. The van der Waals surface area contributed by atoms with Gasteiger partial charge in [-0.2, -0.15) is 4.39 Å². The number of pyridine rings is 1. The lowest BCUT2D eigenvalue weighted by atomic mass is 10.2. The van der Waals surface area contributed by atoms with E-state index in [0.29, 0.717) is 0 Å². The van der Waals surface area contributed by atoms with Crippen LogP contribution in [0.2, 0.25) is 0 Å². The topological polar surface area (TPSA) is 91.6 Å². The van der Waals surface area contributed by atoms with Crippen molar-refractivity contribution >= 4 is 11.8 Å². The van der Waals surface area contributed by atoms with Crippen LogP contribution in [-0.2, 0) is 4.74 Å². The zero-order chi connectivity index (χ0) is 15.5. The number of nitro groups is 1. The first-order valence-electron chi connectivity index (χ1n) is 4.93. The third-order valence-corrected chi connectivity index (χ3v) is 1.80. The lowest BCUT2D eigenvalue weighted by Crippen LogP contribution is -2.21. The molecule has 0 aromatic carbocycles. The Hall–Kier alpha value is -2.46. The van der Waals surface area contributed by atoms with Crippen LogP contribution in [0, 0.1) is 15.9 Å². The largest absolute Gasteiger partial charge is 0.575 e. The summed E-state index contributed by atoms with van der Waals surface area (Å²) in [6.45, 7) is 1.15. The van der Waals surface area contributed by atoms with Crippen LogP contribution in [0.4, 0.5) is 23.4 Å². The Balaban J connectivity index is 3.37. The molecule has 0 bridgehead atoms. The molecule has 0 radical (unpaired) electrons. The Kier molecular flexibility index (Phi) is 4.42. The van der Waals surface area contributed by atoms with E-state index in [9.17, 15) is 32.5 Å². The lowest BCUT2D eigenvalue weighted by molar-refractivity contribution is -0.392. The maximum Gasteiger partial charge on any atom is 0.575 e. The third-order valence-electron chi connectivity index (χ3n) is 1.80. The molecule has 0 aliphatic heterocycles. The summed E-state index contributed by atoms with van der Waals surface area (Å²) in [4.78, 5) is 23.1. The second-order valence-corrected chi connectivity index (χ2v) is 3.17. The van der Waals surface area contributed by atoms with Crippen LogP contribution in [0.1, 0.15) is 17.3 Å². The average molecular weight is 298 g/mol. The Morgan fingerprint density at radius 1 is 1.50 bits per heavy atom. The quantitative estimate of drug-likeness (QED) is 0.366. The molecule has 0 saturated carbocycles. The normalized spacial score (nSPS) is 11.1. The molecule has 0 aliphatic rings. The fraction of sp³-hybridized carbons (Fsp3) is 0.333. The number of halogens is 4. The lowest BCUT2D eigenvalue weighted by Gasteiger charge is -2.08. The van der Waals surface area contributed by atoms with Gasteiger partial charge in [-0.15, -0.1) is 13.2 Å². The monoisotopic (exact) mass is 298 g/mol. The molecule has 0 unspecified atom stereocenters. The van der Waals surface area contributed by atoms with E-state index in [1.807, 2.05) is 0 Å². The Morgan fingerprint density at radius 2 is 2.10 bits per heavy atom. The van der Waals surface area contributed by atoms with Gasteiger partial charge in [-0.25, -0.2) is 4.79 Å². The molecule has 7 nitrogen and oxygen atoms in total. The summed E-state index contributed by atoms with van der Waals surface area (Å²) in [7, 11) is 0. The highest BCUT2D eigenvalue weighted by Crippen LogP contribution is 2.29. The van der Waals surface area contributed by atoms with Crippen molar-refractivity contribution in [1.29, 1.82) is 0 Å². The number of esters is 1. The standard InChI is InChI=1S/C9H6F4N2O5/c1-2-19-8(16)4-3-5(10)6(15(17)18)14-7(4)20-9(11,12)13/h3H,2H2,1H3. The van der Waals surface area contributed by atoms with Crippen molar-refractivity contribution in [1.82, 2.24) is 4.98 Å². The van der Waals surface area contributed by atoms with Crippen molar-refractivity contribution in [2.45, 2.75) is 13.3 Å². The first-order valence-corrected chi connectivity index (χ1v) is 4.93. The highest BCUT2D eigenvalue weighted by Gasteiger charge is 2.38. The first kappa shape index (κ1) is 15.6. The molecule has 0 atom stereocenters. The highest BCUT2D eigenvalue weighted by molar-refractivity contribution is 5.92. The number of alkyl halides is 3. The molecule has 20 heavy (non-hydrogen) atoms. The van der Waals surface area contributed by atoms with Crippen molar-refractivity contribution < 1.29 is 36.8 Å². The minimum Gasteiger partial charge on any atom is -0.462 e. The van der Waals surface area contributed by atoms with Crippen molar-refractivity contribution in [3.05, 3.63) is 27.6 Å². The predicted octanol–water partition coefficient (Wildman–Crippen LogP) is 2.20. The summed E-state index contributed by atoms with van der Waals surface area (Å²) >= 11 is 0. The van der Waals surface area contributed by atoms with Crippen LogP contribution < -0.4 is 4.74 Å². The summed E-state index contributed by atoms with van der Waals surface area (Å²) in [6.07, 6.45) is -5.26. The number of ether oxygens (including phenoxy) is 2. The van der Waals surface area contributed by atoms with Crippen molar-refractivity contribution in [3.8, 4) is 5.88 Å². The third kappa shape index (κ3) is 3.76. The molecule has 1 heterocycles. The van der Waals surface area contributed by atoms with Gasteiger partial charge in [0.15, 0.2) is 5.56 Å². The van der Waals surface area contributed by atoms with E-state index < -0.39 is 40.3 Å². The number of carbonyl (C=O) groups is 1. The van der Waals surface area contributed by atoms with Crippen LogP contribution in [0.5, 0.6) is 5.88 Å². The van der Waals surface area contributed by atoms with E-state index in [1.54, 1.807) is 0 Å². The summed E-state index contributed by atoms with van der Waals surface area (Å²) in [5.41, 5.74) is -1.01. The van der Waals surface area contributed by atoms with Gasteiger partial charge in [-0.1, -0.05) is 0 Å². The molecular weight excluding hydrogens is 292 g/mol. The maximum absolute atomic E-state index is 13.3. The van der Waals surface area contributed by atoms with E-state index in [2.05, 4.69) is 14.5 Å². The van der Waals surface area contributed by atoms with Crippen LogP contribution in [-0.4, -0.2) is 28.8 Å². The van der Waals surface area contributed by atoms with Gasteiger partial charge in [0, 0.05) is 11.1 Å². The Bertz CT molecular complexity index is 546. The molecule has 11 heteroatoms. The van der Waals surface area contributed by atoms with Gasteiger partial charge in [0.2, 0.25) is 5.82 Å². The predicted molar refractivity (Wildman–Crippen MR) is 53.5 cm³/mol. The molecular formula is C9H6F4N2O5. The van der Waals surface area contributed by atoms with Crippen molar-refractivity contribution in [2.75, 3.05) is 6.61 Å². The van der Waals surface area contributed by atoms with Gasteiger partial charge in [0.1, 0.15) is 0 Å². The maximum atomic E-state index is 13.3. The summed E-state index contributed by atoms with van der Waals surface area (Å²) in [5.74, 6) is -5.90. The Labute approximate surface area is 108 Å². The minimum absolute atomic E-state index is 0.199. The second kappa shape index (κ2) is 5.67. The van der Waals surface area contributed by atoms with Gasteiger partial charge in [-0.3, -0.25) is 0 Å². The van der Waals surface area contributed by atoms with Gasteiger partial charge in [0.05, 0.1) is 6.61 Å². The Morgan fingerprint density at radius 3 is 2.55 bits per heavy atom. The van der Waals surface area contributed by atoms with E-state index in [4.69, 9.17) is 0 Å². The fourth-order valence-corrected chi connectivity index (χ4v) is 1.13. The fourth-order valence-electron chi connectivity index (χ4n) is 1.13. The zero-order valence-corrected chi connectivity index (χ0v) is 9.73. The number of nitrogens with zero attached hydrogens (tertiary/aromatic N) is 2. The van der Waals surface area contributed by atoms with E-state index in [0.717, 1.165) is 0 Å². The molecule has 0 saturated heterocycles. The SMILES string of the molecule is CCOC(=O)c1cc(F)c([N+](=O)[O-])nc1OC(F)(F)F. The molecule has 0 amide bonds. The minimum atomic E-state index is -5.26. The van der Waals surface area contributed by atoms with Gasteiger partial charge < -0.3 is 19.6 Å². The van der Waals surface area contributed by atoms with Gasteiger partial charge in [-0.05, 0) is 11.8 Å². The highest BCUT2D eigenvalue weighted by atomic mass is 19.4. The molecule has 0 N–H and O–H groups in total. The zero-order valence-electron chi connectivity index (χ0n) is 9.73. The summed E-state index contributed by atoms with van der Waals surface area (Å²) in [5, 5.41) is 10.4. The number of rotatable bonds is 4. The summed E-state index contributed by atoms with van der Waals surface area (Å²) < 4.78 is 57.4. The average Bonchev–Trinajstić information content (AvgIpc) is 2.29. The van der Waals surface area contributed by atoms with Gasteiger partial charge in [0.25, 0.3) is 0 Å². The number of aromatic nitrogens is 1. The molecule has 1 aromatic rings. The van der Waals surface area contributed by atoms with Crippen molar-refractivity contribution in [3.63, 3.8) is 0 Å². The molecule has 1 aromatic heterocycles. The van der Waals surface area contributed by atoms with Crippen LogP contribution in [0.15, 0.2) is 6.07 Å². The van der Waals surface area contributed by atoms with Crippen LogP contribution in [0.3, 0.4) is 0 Å². The molecule has 1 rings (SSSR count). The molecule has 0 aliphatic carbocycles. The van der Waals surface area contributed by atoms with Crippen molar-refractivity contribution in [2.24, 2.45) is 0 Å². The second-order valence-electron chi connectivity index (χ2n) is 3.17. The van der Waals surface area contributed by atoms with E-state index >= 15 is 0 Å². The number of hydrogen-bond donors (Lipinski definition) is 0. The first-order chi connectivity index (χ1) is 9.15. The van der Waals surface area contributed by atoms with Crippen LogP contribution in [0.25, 0.3) is 0 Å². The number of hydrogen-bond acceptors (Lipinski definition) is 6. The van der Waals surface area contributed by atoms with Gasteiger partial charge >= 0.3 is 24.0 Å². The molecule has 110 valence electrons. The van der Waals surface area contributed by atoms with E-state index in [1.165, 1.54) is 6.92 Å². The number of carbonyl (C=O) groups excluding carboxylic acids is 1.